The summed E-state index contributed by atoms with van der Waals surface area (Å²) >= 11 is 9.72. The van der Waals surface area contributed by atoms with E-state index in [0.29, 0.717) is 13.2 Å². The topological polar surface area (TPSA) is 30.5 Å². The maximum atomic E-state index is 6.15. The van der Waals surface area contributed by atoms with Gasteiger partial charge < -0.3 is 14.8 Å². The summed E-state index contributed by atoms with van der Waals surface area (Å²) in [6.07, 6.45) is 0. The van der Waals surface area contributed by atoms with Crippen LogP contribution in [0.15, 0.2) is 34.8 Å². The molecule has 22 heavy (non-hydrogen) atoms. The highest BCUT2D eigenvalue weighted by molar-refractivity contribution is 9.10. The van der Waals surface area contributed by atoms with Gasteiger partial charge in [-0.05, 0) is 49.2 Å². The van der Waals surface area contributed by atoms with Gasteiger partial charge in [0, 0.05) is 21.7 Å². The lowest BCUT2D eigenvalue weighted by molar-refractivity contribution is 0.310. The van der Waals surface area contributed by atoms with E-state index in [1.54, 1.807) is 7.11 Å². The van der Waals surface area contributed by atoms with Gasteiger partial charge in [0.15, 0.2) is 11.5 Å². The predicted octanol–water partition coefficient (Wildman–Crippen LogP) is 5.43. The summed E-state index contributed by atoms with van der Waals surface area (Å²) in [5, 5.41) is 4.12. The molecule has 0 aromatic heterocycles. The number of nitrogens with one attached hydrogen (secondary N) is 1. The van der Waals surface area contributed by atoms with Gasteiger partial charge >= 0.3 is 0 Å². The zero-order valence-electron chi connectivity index (χ0n) is 12.9. The van der Waals surface area contributed by atoms with E-state index in [4.69, 9.17) is 21.1 Å². The van der Waals surface area contributed by atoms with E-state index in [1.807, 2.05) is 44.2 Å². The zero-order valence-corrected chi connectivity index (χ0v) is 15.2. The summed E-state index contributed by atoms with van der Waals surface area (Å²) in [5.74, 6) is 1.46. The summed E-state index contributed by atoms with van der Waals surface area (Å²) in [4.78, 5) is 0. The first kappa shape index (κ1) is 17.0. The maximum absolute atomic E-state index is 6.15. The van der Waals surface area contributed by atoms with Crippen molar-refractivity contribution < 1.29 is 9.47 Å². The van der Waals surface area contributed by atoms with Crippen LogP contribution in [-0.2, 0) is 6.54 Å². The monoisotopic (exact) mass is 383 g/mol. The van der Waals surface area contributed by atoms with Gasteiger partial charge in [0.05, 0.1) is 13.7 Å². The minimum absolute atomic E-state index is 0.596. The van der Waals surface area contributed by atoms with Crippen molar-refractivity contribution in [2.24, 2.45) is 0 Å². The van der Waals surface area contributed by atoms with Gasteiger partial charge in [0.2, 0.25) is 0 Å². The molecule has 0 aliphatic carbocycles. The molecule has 0 amide bonds. The third-order valence-electron chi connectivity index (χ3n) is 3.29. The molecule has 0 saturated carbocycles. The fraction of sp³-hybridized carbons (Fsp3) is 0.294. The van der Waals surface area contributed by atoms with Gasteiger partial charge in [-0.25, -0.2) is 0 Å². The maximum Gasteiger partial charge on any atom is 0.161 e. The van der Waals surface area contributed by atoms with Gasteiger partial charge in [-0.15, -0.1) is 0 Å². The molecule has 0 radical (unpaired) electrons. The van der Waals surface area contributed by atoms with Crippen molar-refractivity contribution in [1.82, 2.24) is 0 Å². The molecule has 0 bridgehead atoms. The minimum Gasteiger partial charge on any atom is -0.493 e. The molecular formula is C17H19BrClNO2. The molecule has 0 aliphatic rings. The Bertz CT molecular complexity index is 661. The Labute approximate surface area is 144 Å². The van der Waals surface area contributed by atoms with Gasteiger partial charge in [-0.2, -0.15) is 0 Å². The third-order valence-corrected chi connectivity index (χ3v) is 4.43. The SMILES string of the molecule is CCOc1cc(CNc2ccc(C)c(Cl)c2)c(Br)cc1OC. The van der Waals surface area contributed by atoms with E-state index < -0.39 is 0 Å². The zero-order chi connectivity index (χ0) is 16.1. The largest absolute Gasteiger partial charge is 0.493 e. The molecule has 1 N–H and O–H groups in total. The molecule has 118 valence electrons. The Morgan fingerprint density at radius 2 is 1.95 bits per heavy atom. The first-order chi connectivity index (χ1) is 10.5. The molecule has 0 fully saturated rings. The number of hydrogen-bond acceptors (Lipinski definition) is 3. The Morgan fingerprint density at radius 1 is 1.18 bits per heavy atom. The van der Waals surface area contributed by atoms with E-state index >= 15 is 0 Å². The van der Waals surface area contributed by atoms with Gasteiger partial charge in [-0.3, -0.25) is 0 Å². The van der Waals surface area contributed by atoms with E-state index in [-0.39, 0.29) is 0 Å². The van der Waals surface area contributed by atoms with Crippen LogP contribution in [-0.4, -0.2) is 13.7 Å². The molecule has 2 aromatic rings. The van der Waals surface area contributed by atoms with Crippen LogP contribution < -0.4 is 14.8 Å². The van der Waals surface area contributed by atoms with Crippen molar-refractivity contribution in [2.45, 2.75) is 20.4 Å². The molecule has 0 heterocycles. The predicted molar refractivity (Wildman–Crippen MR) is 95.4 cm³/mol. The Hall–Kier alpha value is -1.39. The van der Waals surface area contributed by atoms with Crippen molar-refractivity contribution in [2.75, 3.05) is 19.0 Å². The quantitative estimate of drug-likeness (QED) is 0.720. The number of rotatable bonds is 6. The van der Waals surface area contributed by atoms with Crippen molar-refractivity contribution in [3.05, 3.63) is 51.0 Å². The fourth-order valence-corrected chi connectivity index (χ4v) is 2.68. The van der Waals surface area contributed by atoms with Crippen LogP contribution in [0.1, 0.15) is 18.1 Å². The molecule has 0 unspecified atom stereocenters. The third kappa shape index (κ3) is 4.08. The summed E-state index contributed by atoms with van der Waals surface area (Å²) in [5.41, 5.74) is 3.13. The average molecular weight is 385 g/mol. The number of hydrogen-bond donors (Lipinski definition) is 1. The van der Waals surface area contributed by atoms with Gasteiger partial charge in [-0.1, -0.05) is 33.6 Å². The first-order valence-electron chi connectivity index (χ1n) is 7.04. The lowest BCUT2D eigenvalue weighted by Gasteiger charge is -2.14. The number of benzene rings is 2. The Kier molecular flexibility index (Phi) is 5.98. The molecule has 3 nitrogen and oxygen atoms in total. The van der Waals surface area contributed by atoms with Crippen LogP contribution in [0, 0.1) is 6.92 Å². The lowest BCUT2D eigenvalue weighted by Crippen LogP contribution is -2.03. The number of anilines is 1. The van der Waals surface area contributed by atoms with Crippen LogP contribution in [0.2, 0.25) is 5.02 Å². The van der Waals surface area contributed by atoms with Gasteiger partial charge in [0.1, 0.15) is 0 Å². The van der Waals surface area contributed by atoms with Crippen LogP contribution in [0.4, 0.5) is 5.69 Å². The summed E-state index contributed by atoms with van der Waals surface area (Å²) in [7, 11) is 1.64. The molecule has 0 spiro atoms. The van der Waals surface area contributed by atoms with E-state index in [1.165, 1.54) is 0 Å². The second kappa shape index (κ2) is 7.75. The smallest absolute Gasteiger partial charge is 0.161 e. The van der Waals surface area contributed by atoms with Gasteiger partial charge in [0.25, 0.3) is 0 Å². The molecular weight excluding hydrogens is 366 g/mol. The Balaban J connectivity index is 2.18. The molecule has 0 aliphatic heterocycles. The van der Waals surface area contributed by atoms with E-state index in [2.05, 4.69) is 21.2 Å². The van der Waals surface area contributed by atoms with Crippen molar-refractivity contribution in [3.8, 4) is 11.5 Å². The molecule has 2 aromatic carbocycles. The molecule has 5 heteroatoms. The molecule has 2 rings (SSSR count). The molecule has 0 atom stereocenters. The second-order valence-electron chi connectivity index (χ2n) is 4.85. The average Bonchev–Trinajstić information content (AvgIpc) is 2.50. The number of methoxy groups -OCH3 is 1. The minimum atomic E-state index is 0.596. The van der Waals surface area contributed by atoms with Crippen molar-refractivity contribution in [1.29, 1.82) is 0 Å². The lowest BCUT2D eigenvalue weighted by atomic mass is 10.2. The van der Waals surface area contributed by atoms with Crippen molar-refractivity contribution >= 4 is 33.2 Å². The highest BCUT2D eigenvalue weighted by atomic mass is 79.9. The van der Waals surface area contributed by atoms with Crippen molar-refractivity contribution in [3.63, 3.8) is 0 Å². The second-order valence-corrected chi connectivity index (χ2v) is 6.11. The first-order valence-corrected chi connectivity index (χ1v) is 8.21. The number of aryl methyl sites for hydroxylation is 1. The Morgan fingerprint density at radius 3 is 2.59 bits per heavy atom. The molecule has 0 saturated heterocycles. The summed E-state index contributed by atoms with van der Waals surface area (Å²) in [6.45, 7) is 5.19. The fourth-order valence-electron chi connectivity index (χ4n) is 2.04. The summed E-state index contributed by atoms with van der Waals surface area (Å²) < 4.78 is 11.9. The summed E-state index contributed by atoms with van der Waals surface area (Å²) in [6, 6.07) is 9.85. The van der Waals surface area contributed by atoms with Crippen LogP contribution >= 0.6 is 27.5 Å². The number of halogens is 2. The van der Waals surface area contributed by atoms with E-state index in [0.717, 1.165) is 37.8 Å². The normalized spacial score (nSPS) is 10.4. The standard InChI is InChI=1S/C17H19BrClNO2/c1-4-22-17-7-12(14(18)9-16(17)21-3)10-20-13-6-5-11(2)15(19)8-13/h5-9,20H,4,10H2,1-3H3. The van der Waals surface area contributed by atoms with Crippen LogP contribution in [0.5, 0.6) is 11.5 Å². The van der Waals surface area contributed by atoms with E-state index in [9.17, 15) is 0 Å². The number of ether oxygens (including phenoxy) is 2. The van der Waals surface area contributed by atoms with Crippen LogP contribution in [0.3, 0.4) is 0 Å². The highest BCUT2D eigenvalue weighted by Crippen LogP contribution is 2.34. The highest BCUT2D eigenvalue weighted by Gasteiger charge is 2.10. The van der Waals surface area contributed by atoms with Crippen LogP contribution in [0.25, 0.3) is 0 Å².